The summed E-state index contributed by atoms with van der Waals surface area (Å²) in [6.07, 6.45) is 4.58. The number of amidine groups is 1. The molecule has 3 N–H and O–H groups in total. The van der Waals surface area contributed by atoms with Gasteiger partial charge in [-0.05, 0) is 43.0 Å². The van der Waals surface area contributed by atoms with Gasteiger partial charge in [0.05, 0.1) is 29.2 Å². The molecule has 1 atom stereocenters. The quantitative estimate of drug-likeness (QED) is 0.541. The van der Waals surface area contributed by atoms with Gasteiger partial charge in [-0.2, -0.15) is 19.6 Å². The Labute approximate surface area is 184 Å². The molecule has 0 saturated heterocycles. The number of hydrogen-bond acceptors (Lipinski definition) is 4. The van der Waals surface area contributed by atoms with Crippen molar-refractivity contribution >= 4 is 17.6 Å². The summed E-state index contributed by atoms with van der Waals surface area (Å²) in [6.45, 7) is 1.81. The minimum atomic E-state index is -1.73. The van der Waals surface area contributed by atoms with Crippen molar-refractivity contribution in [2.45, 2.75) is 25.4 Å². The average molecular weight is 433 g/mol. The van der Waals surface area contributed by atoms with Gasteiger partial charge in [0, 0.05) is 5.92 Å². The van der Waals surface area contributed by atoms with Crippen LogP contribution in [0.15, 0.2) is 94.5 Å². The summed E-state index contributed by atoms with van der Waals surface area (Å²) in [5.41, 5.74) is 2.42. The fourth-order valence-corrected chi connectivity index (χ4v) is 4.68. The summed E-state index contributed by atoms with van der Waals surface area (Å²) in [6, 6.07) is 15.5. The van der Waals surface area contributed by atoms with Crippen LogP contribution in [0.4, 0.5) is 8.78 Å². The molecule has 1 aliphatic carbocycles. The number of nitrogens with two attached hydrogens (primary N) is 1. The van der Waals surface area contributed by atoms with Crippen LogP contribution in [0.3, 0.4) is 0 Å². The van der Waals surface area contributed by atoms with Crippen molar-refractivity contribution < 1.29 is 18.5 Å². The Kier molecular flexibility index (Phi) is 4.78. The Morgan fingerprint density at radius 1 is 1.06 bits per heavy atom. The molecule has 5 rings (SSSR count). The summed E-state index contributed by atoms with van der Waals surface area (Å²) in [4.78, 5) is 9.09. The number of quaternary nitrogens is 1. The van der Waals surface area contributed by atoms with Gasteiger partial charge in [-0.3, -0.25) is 4.99 Å². The molecule has 0 aromatic heterocycles. The van der Waals surface area contributed by atoms with Crippen LogP contribution in [0.1, 0.15) is 36.5 Å². The van der Waals surface area contributed by atoms with E-state index in [1.165, 1.54) is 0 Å². The van der Waals surface area contributed by atoms with Gasteiger partial charge in [0.25, 0.3) is 11.9 Å². The lowest BCUT2D eigenvalue weighted by atomic mass is 9.70. The predicted octanol–water partition coefficient (Wildman–Crippen LogP) is 4.72. The number of aliphatic hydroxyl groups is 1. The third-order valence-electron chi connectivity index (χ3n) is 6.26. The molecule has 0 radical (unpaired) electrons. The SMILES string of the molecule is CC1(O)CC(C2=C3C=NC=C[N+]3(N)C(c3ccc(C(=C(F)F)c4ccccc4)cc3)=N2)C1. The van der Waals surface area contributed by atoms with Crippen LogP contribution in [0, 0.1) is 5.92 Å². The molecular formula is C25H23F2N4O+. The molecular weight excluding hydrogens is 410 g/mol. The number of aliphatic imine (C=N–C) groups is 2. The first-order chi connectivity index (χ1) is 15.3. The summed E-state index contributed by atoms with van der Waals surface area (Å²) < 4.78 is 27.4. The number of rotatable bonds is 4. The summed E-state index contributed by atoms with van der Waals surface area (Å²) >= 11 is 0. The Balaban J connectivity index is 1.51. The van der Waals surface area contributed by atoms with Gasteiger partial charge < -0.3 is 5.11 Å². The summed E-state index contributed by atoms with van der Waals surface area (Å²) in [5.74, 6) is 7.43. The van der Waals surface area contributed by atoms with Crippen LogP contribution in [-0.4, -0.2) is 27.3 Å². The topological polar surface area (TPSA) is 71.0 Å². The lowest BCUT2D eigenvalue weighted by molar-refractivity contribution is -0.750. The van der Waals surface area contributed by atoms with Crippen LogP contribution in [0.5, 0.6) is 0 Å². The van der Waals surface area contributed by atoms with Crippen LogP contribution in [0.25, 0.3) is 5.57 Å². The number of benzene rings is 2. The molecule has 1 fully saturated rings. The number of halogens is 2. The van der Waals surface area contributed by atoms with Gasteiger partial charge in [-0.25, -0.2) is 0 Å². The molecule has 162 valence electrons. The zero-order valence-electron chi connectivity index (χ0n) is 17.5. The monoisotopic (exact) mass is 433 g/mol. The number of nitrogens with zero attached hydrogens (tertiary/aromatic N) is 3. The van der Waals surface area contributed by atoms with Crippen LogP contribution in [0.2, 0.25) is 0 Å². The minimum Gasteiger partial charge on any atom is -0.390 e. The normalized spacial score (nSPS) is 28.3. The maximum Gasteiger partial charge on any atom is 0.278 e. The second kappa shape index (κ2) is 7.41. The van der Waals surface area contributed by atoms with Crippen molar-refractivity contribution in [2.75, 3.05) is 0 Å². The second-order valence-electron chi connectivity index (χ2n) is 8.74. The molecule has 5 nitrogen and oxygen atoms in total. The van der Waals surface area contributed by atoms with Gasteiger partial charge in [0.2, 0.25) is 5.70 Å². The Hall–Kier alpha value is -3.26. The molecule has 0 amide bonds. The molecule has 2 aromatic rings. The van der Waals surface area contributed by atoms with E-state index >= 15 is 0 Å². The van der Waals surface area contributed by atoms with Crippen molar-refractivity contribution in [1.82, 2.24) is 0 Å². The van der Waals surface area contributed by atoms with E-state index in [0.29, 0.717) is 29.8 Å². The van der Waals surface area contributed by atoms with E-state index in [1.807, 2.05) is 6.92 Å². The van der Waals surface area contributed by atoms with E-state index in [-0.39, 0.29) is 16.1 Å². The highest BCUT2D eigenvalue weighted by atomic mass is 19.3. The lowest BCUT2D eigenvalue weighted by Gasteiger charge is -2.40. The summed E-state index contributed by atoms with van der Waals surface area (Å²) in [7, 11) is 0. The third-order valence-corrected chi connectivity index (χ3v) is 6.26. The van der Waals surface area contributed by atoms with Gasteiger partial charge in [-0.15, -0.1) is 4.59 Å². The van der Waals surface area contributed by atoms with Crippen molar-refractivity contribution in [3.63, 3.8) is 0 Å². The minimum absolute atomic E-state index is 0.0941. The highest BCUT2D eigenvalue weighted by Crippen LogP contribution is 2.46. The fourth-order valence-electron chi connectivity index (χ4n) is 4.68. The highest BCUT2D eigenvalue weighted by molar-refractivity contribution is 6.00. The maximum atomic E-state index is 13.8. The molecule has 0 bridgehead atoms. The van der Waals surface area contributed by atoms with Gasteiger partial charge >= 0.3 is 0 Å². The molecule has 3 aliphatic rings. The van der Waals surface area contributed by atoms with E-state index in [2.05, 4.69) is 4.99 Å². The summed E-state index contributed by atoms with van der Waals surface area (Å²) in [5, 5.41) is 10.2. The Bertz CT molecular complexity index is 1210. The molecule has 2 aromatic carbocycles. The Morgan fingerprint density at radius 3 is 2.34 bits per heavy atom. The molecule has 7 heteroatoms. The number of allylic oxidation sites excluding steroid dienone is 2. The first-order valence-corrected chi connectivity index (χ1v) is 10.4. The molecule has 2 aliphatic heterocycles. The smallest absolute Gasteiger partial charge is 0.278 e. The molecule has 0 spiro atoms. The molecule has 1 saturated carbocycles. The first kappa shape index (κ1) is 20.6. The second-order valence-corrected chi connectivity index (χ2v) is 8.74. The van der Waals surface area contributed by atoms with E-state index < -0.39 is 11.7 Å². The van der Waals surface area contributed by atoms with Crippen molar-refractivity contribution in [2.24, 2.45) is 21.7 Å². The fraction of sp³-hybridized carbons (Fsp3) is 0.200. The standard InChI is InChI=1S/C25H23F2N4O/c1-25(32)13-19(14-25)22-20-15-29-11-12-31(20,28)24(30-22)18-9-7-17(8-10-18)21(23(26)27)16-5-3-2-4-6-16/h2-12,15,19,32H,13-14,28H2,1H3/q+1. The van der Waals surface area contributed by atoms with Gasteiger partial charge in [0.15, 0.2) is 0 Å². The van der Waals surface area contributed by atoms with E-state index in [1.54, 1.807) is 73.2 Å². The van der Waals surface area contributed by atoms with Crippen LogP contribution >= 0.6 is 0 Å². The average Bonchev–Trinajstić information content (AvgIpc) is 3.06. The van der Waals surface area contributed by atoms with Crippen LogP contribution in [-0.2, 0) is 0 Å². The number of hydrogen-bond donors (Lipinski definition) is 2. The van der Waals surface area contributed by atoms with Crippen molar-refractivity contribution in [3.8, 4) is 0 Å². The Morgan fingerprint density at radius 2 is 1.72 bits per heavy atom. The largest absolute Gasteiger partial charge is 0.390 e. The zero-order valence-corrected chi connectivity index (χ0v) is 17.5. The van der Waals surface area contributed by atoms with E-state index in [4.69, 9.17) is 10.8 Å². The van der Waals surface area contributed by atoms with Crippen molar-refractivity contribution in [3.05, 3.63) is 101 Å². The number of fused-ring (bicyclic) bond motifs is 1. The zero-order chi connectivity index (χ0) is 22.5. The van der Waals surface area contributed by atoms with Gasteiger partial charge in [-0.1, -0.05) is 42.5 Å². The van der Waals surface area contributed by atoms with Crippen LogP contribution < -0.4 is 5.84 Å². The highest BCUT2D eigenvalue weighted by Gasteiger charge is 2.50. The molecule has 1 unspecified atom stereocenters. The van der Waals surface area contributed by atoms with E-state index in [0.717, 1.165) is 17.0 Å². The molecule has 2 heterocycles. The molecule has 32 heavy (non-hydrogen) atoms. The van der Waals surface area contributed by atoms with Crippen molar-refractivity contribution in [1.29, 1.82) is 0 Å². The van der Waals surface area contributed by atoms with E-state index in [9.17, 15) is 13.9 Å². The van der Waals surface area contributed by atoms with Gasteiger partial charge in [0.1, 0.15) is 11.9 Å². The predicted molar refractivity (Wildman–Crippen MR) is 120 cm³/mol. The lowest BCUT2D eigenvalue weighted by Crippen LogP contribution is -2.53. The first-order valence-electron chi connectivity index (χ1n) is 10.4. The third kappa shape index (κ3) is 3.35. The maximum absolute atomic E-state index is 13.8.